The molecule has 0 radical (unpaired) electrons. The van der Waals surface area contributed by atoms with Crippen LogP contribution < -0.4 is 9.54 Å². The van der Waals surface area contributed by atoms with E-state index < -0.39 is 5.91 Å². The first-order valence-electron chi connectivity index (χ1n) is 9.02. The molecule has 0 bridgehead atoms. The van der Waals surface area contributed by atoms with Crippen molar-refractivity contribution in [3.05, 3.63) is 59.1 Å². The fraction of sp³-hybridized carbons (Fsp3) is 0.238. The summed E-state index contributed by atoms with van der Waals surface area (Å²) in [7, 11) is 1.63. The molecule has 0 aliphatic carbocycles. The number of furan rings is 1. The molecule has 4 rings (SSSR count). The molecule has 1 amide bonds. The fourth-order valence-corrected chi connectivity index (χ4v) is 4.09. The minimum atomic E-state index is -0.403. The molecule has 7 heteroatoms. The van der Waals surface area contributed by atoms with Crippen LogP contribution in [0.15, 0.2) is 57.9 Å². The van der Waals surface area contributed by atoms with Crippen molar-refractivity contribution in [2.75, 3.05) is 20.3 Å². The molecule has 0 N–H and O–H groups in total. The second-order valence-electron chi connectivity index (χ2n) is 6.13. The number of para-hydroxylation sites is 1. The molecule has 0 fully saturated rings. The summed E-state index contributed by atoms with van der Waals surface area (Å²) in [6, 6.07) is 15.1. The van der Waals surface area contributed by atoms with Gasteiger partial charge in [-0.05, 0) is 37.3 Å². The third-order valence-corrected chi connectivity index (χ3v) is 5.43. The third-order valence-electron chi connectivity index (χ3n) is 4.39. The van der Waals surface area contributed by atoms with Gasteiger partial charge in [0.05, 0.1) is 23.9 Å². The number of nitrogens with zero attached hydrogens (tertiary/aromatic N) is 2. The summed E-state index contributed by atoms with van der Waals surface area (Å²) in [5.74, 6) is 0.591. The second-order valence-corrected chi connectivity index (χ2v) is 7.14. The Bertz CT molecular complexity index is 1170. The Hall–Kier alpha value is -2.90. The van der Waals surface area contributed by atoms with Crippen molar-refractivity contribution in [1.82, 2.24) is 4.57 Å². The Labute approximate surface area is 165 Å². The summed E-state index contributed by atoms with van der Waals surface area (Å²) in [4.78, 5) is 17.7. The van der Waals surface area contributed by atoms with E-state index in [-0.39, 0.29) is 5.76 Å². The number of aromatic nitrogens is 1. The van der Waals surface area contributed by atoms with Crippen LogP contribution in [0, 0.1) is 0 Å². The van der Waals surface area contributed by atoms with Crippen molar-refractivity contribution in [3.63, 3.8) is 0 Å². The van der Waals surface area contributed by atoms with E-state index in [2.05, 4.69) is 4.99 Å². The Kier molecular flexibility index (Phi) is 5.27. The molecule has 0 aliphatic rings. The standard InChI is InChI=1S/C21H20N2O4S/c1-3-26-11-10-23-16-9-8-15(25-2)13-19(16)28-21(23)22-20(24)18-12-14-6-4-5-7-17(14)27-18/h4-9,12-13H,3,10-11H2,1-2H3. The van der Waals surface area contributed by atoms with Crippen LogP contribution >= 0.6 is 11.3 Å². The number of benzene rings is 2. The summed E-state index contributed by atoms with van der Waals surface area (Å²) in [6.07, 6.45) is 0. The first-order valence-corrected chi connectivity index (χ1v) is 9.84. The molecule has 2 aromatic heterocycles. The molecule has 0 atom stereocenters. The molecule has 6 nitrogen and oxygen atoms in total. The van der Waals surface area contributed by atoms with E-state index in [9.17, 15) is 4.79 Å². The number of rotatable bonds is 6. The number of hydrogen-bond acceptors (Lipinski definition) is 5. The quantitative estimate of drug-likeness (QED) is 0.457. The molecule has 144 valence electrons. The van der Waals surface area contributed by atoms with E-state index in [4.69, 9.17) is 13.9 Å². The van der Waals surface area contributed by atoms with Gasteiger partial charge in [-0.15, -0.1) is 0 Å². The second kappa shape index (κ2) is 8.00. The highest BCUT2D eigenvalue weighted by Crippen LogP contribution is 2.24. The molecular formula is C21H20N2O4S. The normalized spacial score (nSPS) is 12.1. The average molecular weight is 396 g/mol. The van der Waals surface area contributed by atoms with Gasteiger partial charge in [0.15, 0.2) is 10.6 Å². The number of amides is 1. The zero-order valence-corrected chi connectivity index (χ0v) is 16.5. The van der Waals surface area contributed by atoms with Gasteiger partial charge in [-0.3, -0.25) is 4.79 Å². The first-order chi connectivity index (χ1) is 13.7. The monoisotopic (exact) mass is 396 g/mol. The molecule has 0 saturated carbocycles. The molecule has 2 heterocycles. The molecule has 2 aromatic carbocycles. The predicted molar refractivity (Wildman–Crippen MR) is 109 cm³/mol. The lowest BCUT2D eigenvalue weighted by Gasteiger charge is -2.06. The van der Waals surface area contributed by atoms with Crippen molar-refractivity contribution < 1.29 is 18.7 Å². The smallest absolute Gasteiger partial charge is 0.315 e. The van der Waals surface area contributed by atoms with Crippen molar-refractivity contribution in [1.29, 1.82) is 0 Å². The topological polar surface area (TPSA) is 66.0 Å². The van der Waals surface area contributed by atoms with Crippen molar-refractivity contribution in [2.45, 2.75) is 13.5 Å². The lowest BCUT2D eigenvalue weighted by Crippen LogP contribution is -2.19. The lowest BCUT2D eigenvalue weighted by atomic mass is 10.2. The maximum atomic E-state index is 12.7. The number of carbonyl (C=O) groups is 1. The van der Waals surface area contributed by atoms with E-state index in [0.717, 1.165) is 21.4 Å². The van der Waals surface area contributed by atoms with E-state index in [1.54, 1.807) is 13.2 Å². The highest BCUT2D eigenvalue weighted by molar-refractivity contribution is 7.16. The SMILES string of the molecule is CCOCCn1c(=NC(=O)c2cc3ccccc3o2)sc2cc(OC)ccc21. The summed E-state index contributed by atoms with van der Waals surface area (Å²) < 4.78 is 19.5. The average Bonchev–Trinajstić information content (AvgIpc) is 3.29. The molecule has 0 aliphatic heterocycles. The maximum absolute atomic E-state index is 12.7. The van der Waals surface area contributed by atoms with Gasteiger partial charge in [-0.2, -0.15) is 4.99 Å². The highest BCUT2D eigenvalue weighted by atomic mass is 32.1. The van der Waals surface area contributed by atoms with Gasteiger partial charge in [0.2, 0.25) is 0 Å². The van der Waals surface area contributed by atoms with E-state index in [0.29, 0.717) is 30.1 Å². The molecule has 0 spiro atoms. The zero-order valence-electron chi connectivity index (χ0n) is 15.7. The summed E-state index contributed by atoms with van der Waals surface area (Å²) >= 11 is 1.44. The molecule has 4 aromatic rings. The fourth-order valence-electron chi connectivity index (χ4n) is 3.01. The van der Waals surface area contributed by atoms with Crippen LogP contribution in [-0.2, 0) is 11.3 Å². The molecule has 28 heavy (non-hydrogen) atoms. The van der Waals surface area contributed by atoms with E-state index in [1.807, 2.05) is 54.0 Å². The van der Waals surface area contributed by atoms with Crippen LogP contribution in [0.5, 0.6) is 5.75 Å². The van der Waals surface area contributed by atoms with Crippen LogP contribution in [0.3, 0.4) is 0 Å². The molecular weight excluding hydrogens is 376 g/mol. The van der Waals surface area contributed by atoms with Gasteiger partial charge in [-0.25, -0.2) is 0 Å². The van der Waals surface area contributed by atoms with Gasteiger partial charge in [0.1, 0.15) is 11.3 Å². The summed E-state index contributed by atoms with van der Waals surface area (Å²) in [5.41, 5.74) is 1.66. The number of ether oxygens (including phenoxy) is 2. The van der Waals surface area contributed by atoms with E-state index in [1.165, 1.54) is 11.3 Å². The minimum absolute atomic E-state index is 0.229. The number of methoxy groups -OCH3 is 1. The molecule has 0 unspecified atom stereocenters. The van der Waals surface area contributed by atoms with Crippen molar-refractivity contribution >= 4 is 38.4 Å². The van der Waals surface area contributed by atoms with Crippen LogP contribution in [0.25, 0.3) is 21.2 Å². The van der Waals surface area contributed by atoms with Crippen LogP contribution in [0.2, 0.25) is 0 Å². The number of carbonyl (C=O) groups excluding carboxylic acids is 1. The van der Waals surface area contributed by atoms with Crippen LogP contribution in [-0.4, -0.2) is 30.8 Å². The maximum Gasteiger partial charge on any atom is 0.315 e. The number of fused-ring (bicyclic) bond motifs is 2. The Morgan fingerprint density at radius 2 is 2.07 bits per heavy atom. The predicted octanol–water partition coefficient (Wildman–Crippen LogP) is 4.24. The Morgan fingerprint density at radius 3 is 2.86 bits per heavy atom. The minimum Gasteiger partial charge on any atom is -0.497 e. The van der Waals surface area contributed by atoms with Gasteiger partial charge < -0.3 is 18.5 Å². The van der Waals surface area contributed by atoms with Crippen molar-refractivity contribution in [2.24, 2.45) is 4.99 Å². The number of hydrogen-bond donors (Lipinski definition) is 0. The third kappa shape index (κ3) is 3.58. The highest BCUT2D eigenvalue weighted by Gasteiger charge is 2.14. The van der Waals surface area contributed by atoms with E-state index >= 15 is 0 Å². The first kappa shape index (κ1) is 18.5. The van der Waals surface area contributed by atoms with Gasteiger partial charge >= 0.3 is 5.91 Å². The number of thiazole rings is 1. The lowest BCUT2D eigenvalue weighted by molar-refractivity contribution is 0.0972. The summed E-state index contributed by atoms with van der Waals surface area (Å²) in [6.45, 7) is 3.74. The Morgan fingerprint density at radius 1 is 1.21 bits per heavy atom. The van der Waals surface area contributed by atoms with Gasteiger partial charge in [0.25, 0.3) is 0 Å². The largest absolute Gasteiger partial charge is 0.497 e. The zero-order chi connectivity index (χ0) is 19.5. The van der Waals surface area contributed by atoms with Crippen molar-refractivity contribution in [3.8, 4) is 5.75 Å². The van der Waals surface area contributed by atoms with Gasteiger partial charge in [0, 0.05) is 18.5 Å². The Balaban J connectivity index is 1.78. The summed E-state index contributed by atoms with van der Waals surface area (Å²) in [5, 5.41) is 0.881. The molecule has 0 saturated heterocycles. The van der Waals surface area contributed by atoms with Gasteiger partial charge in [-0.1, -0.05) is 29.5 Å². The van der Waals surface area contributed by atoms with Crippen LogP contribution in [0.4, 0.5) is 0 Å². The van der Waals surface area contributed by atoms with Crippen LogP contribution in [0.1, 0.15) is 17.5 Å².